The van der Waals surface area contributed by atoms with E-state index in [9.17, 15) is 4.79 Å². The third-order valence-electron chi connectivity index (χ3n) is 0.740. The minimum absolute atomic E-state index is 0.0588. The fourth-order valence-corrected chi connectivity index (χ4v) is 0.488. The van der Waals surface area contributed by atoms with Gasteiger partial charge in [0.25, 0.3) is 0 Å². The van der Waals surface area contributed by atoms with Gasteiger partial charge in [-0.15, -0.1) is 11.6 Å². The maximum atomic E-state index is 10.5. The Labute approximate surface area is 62.1 Å². The molecule has 0 amide bonds. The summed E-state index contributed by atoms with van der Waals surface area (Å²) in [5.74, 6) is 8.36. The van der Waals surface area contributed by atoms with Gasteiger partial charge in [0.15, 0.2) is 6.04 Å². The second kappa shape index (κ2) is 4.95. The van der Waals surface area contributed by atoms with Crippen LogP contribution in [0.15, 0.2) is 10.3 Å². The van der Waals surface area contributed by atoms with Crippen LogP contribution in [0.5, 0.6) is 0 Å². The summed E-state index contributed by atoms with van der Waals surface area (Å²) in [4.78, 5) is 14.3. The van der Waals surface area contributed by atoms with E-state index in [-0.39, 0.29) is 5.88 Å². The van der Waals surface area contributed by atoms with E-state index >= 15 is 0 Å². The zero-order valence-corrected chi connectivity index (χ0v) is 5.78. The van der Waals surface area contributed by atoms with Crippen LogP contribution in [-0.4, -0.2) is 17.9 Å². The van der Waals surface area contributed by atoms with E-state index in [4.69, 9.17) is 11.6 Å². The molecule has 0 saturated carbocycles. The molecule has 0 fully saturated rings. The van der Waals surface area contributed by atoms with Crippen LogP contribution in [0, 0.1) is 0 Å². The van der Waals surface area contributed by atoms with Gasteiger partial charge in [0.1, 0.15) is 0 Å². The molecule has 0 aliphatic rings. The van der Waals surface area contributed by atoms with Gasteiger partial charge in [-0.3, -0.25) is 0 Å². The Morgan fingerprint density at radius 2 is 2.40 bits per heavy atom. The van der Waals surface area contributed by atoms with Gasteiger partial charge in [-0.05, 0) is 0 Å². The largest absolute Gasteiger partial charge is 0.372 e. The lowest BCUT2D eigenvalue weighted by Crippen LogP contribution is -2.25. The van der Waals surface area contributed by atoms with Crippen molar-refractivity contribution in [2.75, 3.05) is 5.88 Å². The van der Waals surface area contributed by atoms with Crippen LogP contribution >= 0.6 is 11.6 Å². The van der Waals surface area contributed by atoms with Crippen molar-refractivity contribution in [2.45, 2.75) is 6.04 Å². The van der Waals surface area contributed by atoms with Gasteiger partial charge in [0, 0.05) is 0 Å². The van der Waals surface area contributed by atoms with Crippen LogP contribution in [0.1, 0.15) is 0 Å². The Morgan fingerprint density at radius 3 is 2.70 bits per heavy atom. The van der Waals surface area contributed by atoms with Crippen molar-refractivity contribution in [3.8, 4) is 0 Å². The van der Waals surface area contributed by atoms with Crippen molar-refractivity contribution in [2.24, 2.45) is 22.1 Å². The average molecular weight is 167 g/mol. The standard InChI is InChI=1S/C3H7ClN4O2/c4-1-2(7-8-5)3(9)10-6/h2H,1,6H2,(H2,5,7)/t2-/m0/s1. The van der Waals surface area contributed by atoms with E-state index in [1.807, 2.05) is 0 Å². The second-order valence-corrected chi connectivity index (χ2v) is 1.65. The molecule has 0 spiro atoms. The molecule has 0 heterocycles. The van der Waals surface area contributed by atoms with Crippen molar-refractivity contribution in [1.29, 1.82) is 0 Å². The summed E-state index contributed by atoms with van der Waals surface area (Å²) in [7, 11) is 0. The van der Waals surface area contributed by atoms with Crippen molar-refractivity contribution in [1.82, 2.24) is 0 Å². The van der Waals surface area contributed by atoms with Gasteiger partial charge in [-0.1, -0.05) is 5.22 Å². The SMILES string of the molecule is NN=N[C@@H](CCl)C(=O)ON. The quantitative estimate of drug-likeness (QED) is 0.251. The number of alkyl halides is 1. The fraction of sp³-hybridized carbons (Fsp3) is 0.667. The summed E-state index contributed by atoms with van der Waals surface area (Å²) < 4.78 is 0. The highest BCUT2D eigenvalue weighted by atomic mass is 35.5. The van der Waals surface area contributed by atoms with Crippen LogP contribution < -0.4 is 11.7 Å². The van der Waals surface area contributed by atoms with Crippen LogP contribution in [-0.2, 0) is 9.63 Å². The highest BCUT2D eigenvalue weighted by Gasteiger charge is 2.17. The molecule has 0 aromatic rings. The molecule has 0 aromatic carbocycles. The third-order valence-corrected chi connectivity index (χ3v) is 1.03. The highest BCUT2D eigenvalue weighted by Crippen LogP contribution is 1.96. The van der Waals surface area contributed by atoms with Crippen LogP contribution in [0.3, 0.4) is 0 Å². The van der Waals surface area contributed by atoms with Crippen molar-refractivity contribution >= 4 is 17.6 Å². The van der Waals surface area contributed by atoms with Crippen LogP contribution in [0.2, 0.25) is 0 Å². The van der Waals surface area contributed by atoms with Crippen molar-refractivity contribution < 1.29 is 9.63 Å². The Kier molecular flexibility index (Phi) is 4.51. The average Bonchev–Trinajstić information content (AvgIpc) is 1.99. The number of nitrogens with two attached hydrogens (primary N) is 2. The molecular weight excluding hydrogens is 160 g/mol. The molecule has 7 heteroatoms. The van der Waals surface area contributed by atoms with Crippen LogP contribution in [0.4, 0.5) is 0 Å². The van der Waals surface area contributed by atoms with Crippen molar-refractivity contribution in [3.63, 3.8) is 0 Å². The molecule has 0 radical (unpaired) electrons. The topological polar surface area (TPSA) is 103 Å². The first kappa shape index (κ1) is 9.12. The highest BCUT2D eigenvalue weighted by molar-refractivity contribution is 6.19. The van der Waals surface area contributed by atoms with Gasteiger partial charge in [0.05, 0.1) is 5.88 Å². The van der Waals surface area contributed by atoms with Gasteiger partial charge >= 0.3 is 5.97 Å². The summed E-state index contributed by atoms with van der Waals surface area (Å²) in [6.07, 6.45) is 0. The lowest BCUT2D eigenvalue weighted by atomic mass is 10.4. The lowest BCUT2D eigenvalue weighted by molar-refractivity contribution is -0.145. The maximum absolute atomic E-state index is 10.5. The second-order valence-electron chi connectivity index (χ2n) is 1.34. The van der Waals surface area contributed by atoms with E-state index in [2.05, 4.69) is 26.9 Å². The number of carbonyl (C=O) groups excluding carboxylic acids is 1. The predicted octanol–water partition coefficient (Wildman–Crippen LogP) is -0.663. The van der Waals surface area contributed by atoms with E-state index in [0.29, 0.717) is 0 Å². The summed E-state index contributed by atoms with van der Waals surface area (Å²) in [5.41, 5.74) is 0. The number of carbonyl (C=O) groups is 1. The van der Waals surface area contributed by atoms with Gasteiger partial charge in [-0.2, -0.15) is 11.0 Å². The smallest absolute Gasteiger partial charge is 0.352 e. The van der Waals surface area contributed by atoms with E-state index in [1.54, 1.807) is 0 Å². The number of rotatable bonds is 3. The van der Waals surface area contributed by atoms with Gasteiger partial charge in [0.2, 0.25) is 0 Å². The first-order chi connectivity index (χ1) is 4.76. The molecule has 0 saturated heterocycles. The molecule has 10 heavy (non-hydrogen) atoms. The number of halogens is 1. The molecule has 0 aliphatic heterocycles. The lowest BCUT2D eigenvalue weighted by Gasteiger charge is -2.01. The number of hydrogen-bond acceptors (Lipinski definition) is 5. The van der Waals surface area contributed by atoms with E-state index in [1.165, 1.54) is 0 Å². The molecule has 4 N–H and O–H groups in total. The molecule has 0 aromatic heterocycles. The normalized spacial score (nSPS) is 13.4. The van der Waals surface area contributed by atoms with Crippen molar-refractivity contribution in [3.05, 3.63) is 0 Å². The maximum Gasteiger partial charge on any atom is 0.352 e. The molecule has 0 rings (SSSR count). The molecule has 1 atom stereocenters. The minimum atomic E-state index is -0.906. The Morgan fingerprint density at radius 1 is 1.80 bits per heavy atom. The van der Waals surface area contributed by atoms with E-state index in [0.717, 1.165) is 0 Å². The first-order valence-corrected chi connectivity index (χ1v) is 2.86. The zero-order valence-electron chi connectivity index (χ0n) is 5.03. The summed E-state index contributed by atoms with van der Waals surface area (Å²) >= 11 is 5.25. The Balaban J connectivity index is 3.93. The molecule has 0 unspecified atom stereocenters. The van der Waals surface area contributed by atoms with Crippen LogP contribution in [0.25, 0.3) is 0 Å². The van der Waals surface area contributed by atoms with Gasteiger partial charge < -0.3 is 10.7 Å². The molecular formula is C3H7ClN4O2. The minimum Gasteiger partial charge on any atom is -0.372 e. The third kappa shape index (κ3) is 2.60. The fourth-order valence-electron chi connectivity index (χ4n) is 0.300. The molecule has 0 aliphatic carbocycles. The first-order valence-electron chi connectivity index (χ1n) is 2.32. The Bertz CT molecular complexity index is 138. The number of hydrogen-bond donors (Lipinski definition) is 2. The predicted molar refractivity (Wildman–Crippen MR) is 33.8 cm³/mol. The summed E-state index contributed by atoms with van der Waals surface area (Å²) in [5, 5.41) is 6.09. The number of nitrogens with zero attached hydrogens (tertiary/aromatic N) is 2. The van der Waals surface area contributed by atoms with E-state index < -0.39 is 12.0 Å². The summed E-state index contributed by atoms with van der Waals surface area (Å²) in [6, 6.07) is -0.906. The molecule has 6 nitrogen and oxygen atoms in total. The van der Waals surface area contributed by atoms with Gasteiger partial charge in [-0.25, -0.2) is 4.79 Å². The molecule has 0 bridgehead atoms. The molecule has 58 valence electrons. The zero-order chi connectivity index (χ0) is 7.98. The Hall–Kier alpha value is -0.880. The summed E-state index contributed by atoms with van der Waals surface area (Å²) in [6.45, 7) is 0. The monoisotopic (exact) mass is 166 g/mol.